The van der Waals surface area contributed by atoms with Crippen molar-refractivity contribution in [3.63, 3.8) is 0 Å². The van der Waals surface area contributed by atoms with Crippen molar-refractivity contribution in [2.24, 2.45) is 0 Å². The number of aromatic nitrogens is 2. The molecule has 0 aliphatic carbocycles. The second kappa shape index (κ2) is 9.42. The Morgan fingerprint density at radius 1 is 1.29 bits per heavy atom. The van der Waals surface area contributed by atoms with Crippen LogP contribution in [0.5, 0.6) is 5.75 Å². The summed E-state index contributed by atoms with van der Waals surface area (Å²) in [4.78, 5) is 15.7. The number of carbonyl (C=O) groups excluding carboxylic acids is 1. The number of rotatable bonds is 8. The normalized spacial score (nSPS) is 20.5. The van der Waals surface area contributed by atoms with Crippen molar-refractivity contribution in [2.75, 3.05) is 24.8 Å². The van der Waals surface area contributed by atoms with Crippen molar-refractivity contribution in [1.82, 2.24) is 9.55 Å². The lowest BCUT2D eigenvalue weighted by Gasteiger charge is -2.29. The molecule has 2 unspecified atom stereocenters. The van der Waals surface area contributed by atoms with Gasteiger partial charge in [-0.2, -0.15) is 0 Å². The minimum Gasteiger partial charge on any atom is -0.530 e. The van der Waals surface area contributed by atoms with E-state index >= 15 is 0 Å². The first-order valence-electron chi connectivity index (χ1n) is 9.69. The molecule has 1 aliphatic rings. The van der Waals surface area contributed by atoms with Crippen LogP contribution in [-0.2, 0) is 21.8 Å². The quantitative estimate of drug-likeness (QED) is 0.538. The zero-order valence-corrected chi connectivity index (χ0v) is 17.7. The largest absolute Gasteiger partial charge is 0.530 e. The molecule has 0 spiro atoms. The summed E-state index contributed by atoms with van der Waals surface area (Å²) in [5.41, 5.74) is 1.39. The van der Waals surface area contributed by atoms with E-state index in [0.29, 0.717) is 24.6 Å². The summed E-state index contributed by atoms with van der Waals surface area (Å²) in [5.74, 6) is 0.540. The number of nitrogens with zero attached hydrogens (tertiary/aromatic N) is 2. The fraction of sp³-hybridized carbons (Fsp3) is 0.273. The van der Waals surface area contributed by atoms with Crippen LogP contribution in [0.1, 0.15) is 5.56 Å². The Bertz CT molecular complexity index is 995. The molecule has 0 bridgehead atoms. The van der Waals surface area contributed by atoms with Crippen LogP contribution < -0.4 is 15.2 Å². The molecule has 162 valence electrons. The van der Waals surface area contributed by atoms with Crippen LogP contribution in [0, 0.1) is 0 Å². The van der Waals surface area contributed by atoms with Crippen LogP contribution >= 0.6 is 11.8 Å². The highest BCUT2D eigenvalue weighted by Gasteiger charge is 2.43. The first kappa shape index (κ1) is 21.2. The van der Waals surface area contributed by atoms with Crippen molar-refractivity contribution in [1.29, 1.82) is 0 Å². The molecule has 0 saturated carbocycles. The van der Waals surface area contributed by atoms with Crippen molar-refractivity contribution in [2.45, 2.75) is 23.3 Å². The molecular weight excluding hydrogens is 418 g/mol. The summed E-state index contributed by atoms with van der Waals surface area (Å²) in [6.07, 6.45) is 3.90. The average molecular weight is 441 g/mol. The van der Waals surface area contributed by atoms with Crippen LogP contribution in [0.3, 0.4) is 0 Å². The van der Waals surface area contributed by atoms with Gasteiger partial charge in [0, 0.05) is 34.3 Å². The van der Waals surface area contributed by atoms with Gasteiger partial charge in [-0.05, 0) is 48.5 Å². The maximum Gasteiger partial charge on any atom is 0.213 e. The molecule has 2 aromatic carbocycles. The first-order chi connectivity index (χ1) is 15.1. The molecule has 0 radical (unpaired) electrons. The Morgan fingerprint density at radius 2 is 2.06 bits per heavy atom. The van der Waals surface area contributed by atoms with Gasteiger partial charge in [-0.15, -0.1) is 11.8 Å². The molecular formula is C22H22N3O5S-. The van der Waals surface area contributed by atoms with Gasteiger partial charge in [0.15, 0.2) is 0 Å². The molecule has 2 heterocycles. The molecule has 1 N–H and O–H groups in total. The van der Waals surface area contributed by atoms with E-state index in [1.54, 1.807) is 43.5 Å². The van der Waals surface area contributed by atoms with Crippen LogP contribution in [0.15, 0.2) is 72.1 Å². The number of ether oxygens (including phenoxy) is 3. The highest BCUT2D eigenvalue weighted by molar-refractivity contribution is 7.99. The maximum absolute atomic E-state index is 10.6. The van der Waals surface area contributed by atoms with Gasteiger partial charge in [-0.25, -0.2) is 4.98 Å². The zero-order valence-electron chi connectivity index (χ0n) is 16.9. The van der Waals surface area contributed by atoms with Crippen LogP contribution in [0.4, 0.5) is 10.5 Å². The van der Waals surface area contributed by atoms with E-state index < -0.39 is 11.9 Å². The molecule has 31 heavy (non-hydrogen) atoms. The highest BCUT2D eigenvalue weighted by Crippen LogP contribution is 2.38. The van der Waals surface area contributed by atoms with Gasteiger partial charge in [0.2, 0.25) is 5.79 Å². The Morgan fingerprint density at radius 3 is 2.71 bits per heavy atom. The van der Waals surface area contributed by atoms with Crippen LogP contribution in [0.2, 0.25) is 0 Å². The Balaban J connectivity index is 1.44. The summed E-state index contributed by atoms with van der Waals surface area (Å²) in [6.45, 7) is 0.933. The molecule has 3 aromatic rings. The number of anilines is 1. The number of benzene rings is 2. The van der Waals surface area contributed by atoms with E-state index in [9.17, 15) is 9.90 Å². The van der Waals surface area contributed by atoms with Gasteiger partial charge in [0.1, 0.15) is 11.8 Å². The first-order valence-corrected chi connectivity index (χ1v) is 10.7. The molecule has 1 saturated heterocycles. The summed E-state index contributed by atoms with van der Waals surface area (Å²) in [6, 6.07) is 14.8. The average Bonchev–Trinajstić information content (AvgIpc) is 3.44. The number of amides is 1. The van der Waals surface area contributed by atoms with Crippen molar-refractivity contribution >= 4 is 23.5 Å². The molecule has 4 rings (SSSR count). The molecule has 1 fully saturated rings. The van der Waals surface area contributed by atoms with E-state index in [1.807, 2.05) is 47.2 Å². The molecule has 1 aromatic heterocycles. The van der Waals surface area contributed by atoms with Gasteiger partial charge in [-0.1, -0.05) is 0 Å². The van der Waals surface area contributed by atoms with E-state index in [4.69, 9.17) is 14.2 Å². The number of hydrogen-bond acceptors (Lipinski definition) is 7. The minimum atomic E-state index is -1.33. The van der Waals surface area contributed by atoms with Gasteiger partial charge < -0.3 is 34.0 Å². The van der Waals surface area contributed by atoms with Crippen molar-refractivity contribution < 1.29 is 24.1 Å². The molecule has 1 amide bonds. The fourth-order valence-corrected chi connectivity index (χ4v) is 4.25. The molecule has 9 heteroatoms. The van der Waals surface area contributed by atoms with E-state index in [2.05, 4.69) is 10.3 Å². The van der Waals surface area contributed by atoms with Gasteiger partial charge in [-0.3, -0.25) is 0 Å². The third-order valence-electron chi connectivity index (χ3n) is 4.88. The van der Waals surface area contributed by atoms with E-state index in [0.717, 1.165) is 16.2 Å². The highest BCUT2D eigenvalue weighted by atomic mass is 32.2. The standard InChI is InChI=1S/C22H23N3O5S/c1-28-18-6-2-16(3-7-18)22(14-25-11-10-23-15-25)29-12-19(30-22)13-31-20-8-4-17(5-9-20)24-21(26)27/h2-11,15,19,24H,12-14H2,1H3,(H,26,27)/p-1. The molecule has 2 atom stereocenters. The smallest absolute Gasteiger partial charge is 0.213 e. The van der Waals surface area contributed by atoms with Crippen LogP contribution in [-0.4, -0.2) is 41.2 Å². The van der Waals surface area contributed by atoms with E-state index in [1.165, 1.54) is 0 Å². The fourth-order valence-electron chi connectivity index (χ4n) is 3.38. The second-order valence-electron chi connectivity index (χ2n) is 7.02. The molecule has 8 nitrogen and oxygen atoms in total. The Kier molecular flexibility index (Phi) is 6.45. The Labute approximate surface area is 184 Å². The number of methoxy groups -OCH3 is 1. The summed E-state index contributed by atoms with van der Waals surface area (Å²) in [5, 5.41) is 12.8. The minimum absolute atomic E-state index is 0.114. The lowest BCUT2D eigenvalue weighted by molar-refractivity contribution is -0.242. The number of thioether (sulfide) groups is 1. The predicted octanol–water partition coefficient (Wildman–Crippen LogP) is 2.71. The zero-order chi connectivity index (χ0) is 21.7. The third kappa shape index (κ3) is 5.19. The lowest BCUT2D eigenvalue weighted by Crippen LogP contribution is -2.33. The second-order valence-corrected chi connectivity index (χ2v) is 8.11. The monoisotopic (exact) mass is 440 g/mol. The van der Waals surface area contributed by atoms with Gasteiger partial charge in [0.05, 0.1) is 32.7 Å². The number of imidazole rings is 1. The number of carbonyl (C=O) groups is 1. The van der Waals surface area contributed by atoms with E-state index in [-0.39, 0.29) is 6.10 Å². The van der Waals surface area contributed by atoms with Gasteiger partial charge >= 0.3 is 0 Å². The third-order valence-corrected chi connectivity index (χ3v) is 6.02. The number of nitrogens with one attached hydrogen (secondary N) is 1. The SMILES string of the molecule is COc1ccc(C2(Cn3ccnc3)OCC(CSc3ccc(NC(=O)[O-])cc3)O2)cc1. The maximum atomic E-state index is 10.6. The predicted molar refractivity (Wildman–Crippen MR) is 114 cm³/mol. The number of hydrogen-bond donors (Lipinski definition) is 1. The summed E-state index contributed by atoms with van der Waals surface area (Å²) in [7, 11) is 1.63. The Hall–Kier alpha value is -3.01. The van der Waals surface area contributed by atoms with Gasteiger partial charge in [0.25, 0.3) is 0 Å². The number of carboxylic acid groups (broad SMARTS) is 1. The van der Waals surface area contributed by atoms with Crippen molar-refractivity contribution in [3.8, 4) is 5.75 Å². The lowest BCUT2D eigenvalue weighted by atomic mass is 10.1. The van der Waals surface area contributed by atoms with Crippen LogP contribution in [0.25, 0.3) is 0 Å². The topological polar surface area (TPSA) is 97.7 Å². The van der Waals surface area contributed by atoms with Crippen molar-refractivity contribution in [3.05, 3.63) is 72.8 Å². The summed E-state index contributed by atoms with van der Waals surface area (Å²) < 4.78 is 19.9. The molecule has 1 aliphatic heterocycles. The summed E-state index contributed by atoms with van der Waals surface area (Å²) >= 11 is 1.62.